The molecule has 90 valence electrons. The first-order chi connectivity index (χ1) is 8.18. The fourth-order valence-corrected chi connectivity index (χ4v) is 1.60. The Labute approximate surface area is 97.6 Å². The number of para-hydroxylation sites is 1. The molecule has 0 radical (unpaired) electrons. The number of hydrogen-bond acceptors (Lipinski definition) is 4. The van der Waals surface area contributed by atoms with Crippen molar-refractivity contribution in [1.82, 2.24) is 5.32 Å². The smallest absolute Gasteiger partial charge is 0.322 e. The van der Waals surface area contributed by atoms with Crippen molar-refractivity contribution in [1.29, 1.82) is 0 Å². The average molecular weight is 236 g/mol. The number of ether oxygens (including phenoxy) is 1. The van der Waals surface area contributed by atoms with Crippen LogP contribution in [0.2, 0.25) is 0 Å². The molecule has 17 heavy (non-hydrogen) atoms. The van der Waals surface area contributed by atoms with Gasteiger partial charge < -0.3 is 20.5 Å². The molecule has 1 aromatic rings. The van der Waals surface area contributed by atoms with Gasteiger partial charge in [-0.3, -0.25) is 9.59 Å². The lowest BCUT2D eigenvalue weighted by Crippen LogP contribution is -2.30. The predicted molar refractivity (Wildman–Crippen MR) is 60.4 cm³/mol. The highest BCUT2D eigenvalue weighted by Gasteiger charge is 2.18. The monoisotopic (exact) mass is 236 g/mol. The van der Waals surface area contributed by atoms with Crippen LogP contribution < -0.4 is 15.4 Å². The Kier molecular flexibility index (Phi) is 3.13. The van der Waals surface area contributed by atoms with Crippen LogP contribution in [0.15, 0.2) is 18.2 Å². The number of carboxylic acids is 1. The molecule has 0 saturated heterocycles. The molecule has 1 aliphatic heterocycles. The molecule has 0 aliphatic carbocycles. The molecule has 0 unspecified atom stereocenters. The summed E-state index contributed by atoms with van der Waals surface area (Å²) in [7, 11) is 0. The number of hydrogen-bond donors (Lipinski definition) is 3. The number of fused-ring (bicyclic) bond motifs is 1. The zero-order chi connectivity index (χ0) is 12.3. The van der Waals surface area contributed by atoms with Crippen LogP contribution in [0.25, 0.3) is 0 Å². The van der Waals surface area contributed by atoms with Crippen LogP contribution in [0.4, 0.5) is 5.69 Å². The summed E-state index contributed by atoms with van der Waals surface area (Å²) < 4.78 is 5.41. The number of benzene rings is 1. The van der Waals surface area contributed by atoms with Gasteiger partial charge in [-0.2, -0.15) is 0 Å². The fourth-order valence-electron chi connectivity index (χ4n) is 1.60. The SMILES string of the molecule is O=C(O)CNC(=O)c1cccc2c1OCCN2. The molecule has 0 saturated carbocycles. The number of carbonyl (C=O) groups is 2. The molecule has 6 nitrogen and oxygen atoms in total. The van der Waals surface area contributed by atoms with E-state index in [-0.39, 0.29) is 0 Å². The Morgan fingerprint density at radius 3 is 3.06 bits per heavy atom. The van der Waals surface area contributed by atoms with Crippen molar-refractivity contribution in [3.63, 3.8) is 0 Å². The standard InChI is InChI=1S/C11H12N2O4/c14-9(15)6-13-11(16)7-2-1-3-8-10(7)17-5-4-12-8/h1-3,12H,4-6H2,(H,13,16)(H,14,15). The molecule has 0 bridgehead atoms. The summed E-state index contributed by atoms with van der Waals surface area (Å²) in [5, 5.41) is 13.9. The molecular weight excluding hydrogens is 224 g/mol. The van der Waals surface area contributed by atoms with E-state index in [2.05, 4.69) is 10.6 Å². The summed E-state index contributed by atoms with van der Waals surface area (Å²) >= 11 is 0. The first kappa shape index (κ1) is 11.3. The van der Waals surface area contributed by atoms with Gasteiger partial charge in [-0.1, -0.05) is 6.07 Å². The molecular formula is C11H12N2O4. The minimum Gasteiger partial charge on any atom is -0.489 e. The van der Waals surface area contributed by atoms with Crippen molar-refractivity contribution in [2.24, 2.45) is 0 Å². The van der Waals surface area contributed by atoms with Gasteiger partial charge in [0.2, 0.25) is 0 Å². The van der Waals surface area contributed by atoms with E-state index < -0.39 is 18.4 Å². The normalized spacial score (nSPS) is 12.9. The minimum atomic E-state index is -1.08. The maximum Gasteiger partial charge on any atom is 0.322 e. The van der Waals surface area contributed by atoms with E-state index in [0.29, 0.717) is 24.5 Å². The number of carboxylic acid groups (broad SMARTS) is 1. The van der Waals surface area contributed by atoms with Crippen molar-refractivity contribution in [2.75, 3.05) is 25.0 Å². The van der Waals surface area contributed by atoms with Gasteiger partial charge in [0, 0.05) is 6.54 Å². The van der Waals surface area contributed by atoms with Crippen molar-refractivity contribution in [2.45, 2.75) is 0 Å². The number of rotatable bonds is 3. The van der Waals surface area contributed by atoms with E-state index in [4.69, 9.17) is 9.84 Å². The van der Waals surface area contributed by atoms with Gasteiger partial charge in [0.15, 0.2) is 5.75 Å². The van der Waals surface area contributed by atoms with E-state index in [1.54, 1.807) is 12.1 Å². The zero-order valence-corrected chi connectivity index (χ0v) is 9.03. The highest BCUT2D eigenvalue weighted by atomic mass is 16.5. The summed E-state index contributed by atoms with van der Waals surface area (Å²) in [6.45, 7) is 0.763. The van der Waals surface area contributed by atoms with E-state index in [1.807, 2.05) is 6.07 Å². The van der Waals surface area contributed by atoms with Crippen molar-refractivity contribution < 1.29 is 19.4 Å². The molecule has 0 atom stereocenters. The van der Waals surface area contributed by atoms with Crippen LogP contribution in [-0.2, 0) is 4.79 Å². The second-order valence-electron chi connectivity index (χ2n) is 3.53. The van der Waals surface area contributed by atoms with Gasteiger partial charge >= 0.3 is 5.97 Å². The van der Waals surface area contributed by atoms with E-state index in [0.717, 1.165) is 5.69 Å². The largest absolute Gasteiger partial charge is 0.489 e. The van der Waals surface area contributed by atoms with Crippen molar-refractivity contribution in [3.05, 3.63) is 23.8 Å². The first-order valence-corrected chi connectivity index (χ1v) is 5.18. The molecule has 0 aromatic heterocycles. The van der Waals surface area contributed by atoms with E-state index in [9.17, 15) is 9.59 Å². The molecule has 2 rings (SSSR count). The second kappa shape index (κ2) is 4.73. The molecule has 0 fully saturated rings. The van der Waals surface area contributed by atoms with Gasteiger partial charge in [0.1, 0.15) is 13.2 Å². The third-order valence-electron chi connectivity index (χ3n) is 2.32. The lowest BCUT2D eigenvalue weighted by Gasteiger charge is -2.21. The average Bonchev–Trinajstić information content (AvgIpc) is 2.35. The maximum absolute atomic E-state index is 11.7. The van der Waals surface area contributed by atoms with Gasteiger partial charge in [-0.25, -0.2) is 0 Å². The van der Waals surface area contributed by atoms with E-state index in [1.165, 1.54) is 0 Å². The van der Waals surface area contributed by atoms with E-state index >= 15 is 0 Å². The number of aliphatic carboxylic acids is 1. The fraction of sp³-hybridized carbons (Fsp3) is 0.273. The van der Waals surface area contributed by atoms with Crippen LogP contribution in [-0.4, -0.2) is 36.7 Å². The molecule has 1 heterocycles. The summed E-state index contributed by atoms with van der Waals surface area (Å²) in [5.74, 6) is -1.06. The Balaban J connectivity index is 2.20. The van der Waals surface area contributed by atoms with Crippen LogP contribution in [0, 0.1) is 0 Å². The first-order valence-electron chi connectivity index (χ1n) is 5.18. The summed E-state index contributed by atoms with van der Waals surface area (Å²) in [6, 6.07) is 5.13. The summed E-state index contributed by atoms with van der Waals surface area (Å²) in [4.78, 5) is 22.1. The zero-order valence-electron chi connectivity index (χ0n) is 9.03. The van der Waals surface area contributed by atoms with Crippen molar-refractivity contribution >= 4 is 17.6 Å². The highest BCUT2D eigenvalue weighted by Crippen LogP contribution is 2.30. The minimum absolute atomic E-state index is 0.343. The Morgan fingerprint density at radius 2 is 2.29 bits per heavy atom. The Morgan fingerprint density at radius 1 is 1.47 bits per heavy atom. The van der Waals surface area contributed by atoms with Crippen LogP contribution in [0.1, 0.15) is 10.4 Å². The highest BCUT2D eigenvalue weighted by molar-refractivity contribution is 6.00. The van der Waals surface area contributed by atoms with Gasteiger partial charge in [0.25, 0.3) is 5.91 Å². The molecule has 3 N–H and O–H groups in total. The molecule has 1 amide bonds. The van der Waals surface area contributed by atoms with Gasteiger partial charge in [-0.05, 0) is 12.1 Å². The lowest BCUT2D eigenvalue weighted by molar-refractivity contribution is -0.135. The molecule has 1 aliphatic rings. The van der Waals surface area contributed by atoms with Gasteiger partial charge in [-0.15, -0.1) is 0 Å². The van der Waals surface area contributed by atoms with Gasteiger partial charge in [0.05, 0.1) is 11.3 Å². The lowest BCUT2D eigenvalue weighted by atomic mass is 10.1. The molecule has 6 heteroatoms. The quantitative estimate of drug-likeness (QED) is 0.702. The third kappa shape index (κ3) is 2.47. The third-order valence-corrected chi connectivity index (χ3v) is 2.32. The Bertz CT molecular complexity index is 459. The Hall–Kier alpha value is -2.24. The maximum atomic E-state index is 11.7. The number of amides is 1. The van der Waals surface area contributed by atoms with Crippen LogP contribution in [0.5, 0.6) is 5.75 Å². The number of nitrogens with one attached hydrogen (secondary N) is 2. The van der Waals surface area contributed by atoms with Crippen LogP contribution in [0.3, 0.4) is 0 Å². The number of carbonyl (C=O) groups excluding carboxylic acids is 1. The second-order valence-corrected chi connectivity index (χ2v) is 3.53. The topological polar surface area (TPSA) is 87.7 Å². The number of anilines is 1. The molecule has 0 spiro atoms. The summed E-state index contributed by atoms with van der Waals surface area (Å²) in [6.07, 6.45) is 0. The van der Waals surface area contributed by atoms with Crippen LogP contribution >= 0.6 is 0 Å². The predicted octanol–water partition coefficient (Wildman–Crippen LogP) is 0.305. The molecule has 1 aromatic carbocycles. The summed E-state index contributed by atoms with van der Waals surface area (Å²) in [5.41, 5.74) is 1.09. The van der Waals surface area contributed by atoms with Crippen molar-refractivity contribution in [3.8, 4) is 5.75 Å².